The molecule has 1 N–H and O–H groups in total. The summed E-state index contributed by atoms with van der Waals surface area (Å²) in [5, 5.41) is 3.11. The molecule has 30 heavy (non-hydrogen) atoms. The van der Waals surface area contributed by atoms with Crippen molar-refractivity contribution in [2.75, 3.05) is 25.0 Å². The number of benzene rings is 2. The quantitative estimate of drug-likeness (QED) is 0.434. The summed E-state index contributed by atoms with van der Waals surface area (Å²) in [5.74, 6) is 0.0884. The van der Waals surface area contributed by atoms with Crippen LogP contribution in [0.4, 0.5) is 11.4 Å². The summed E-state index contributed by atoms with van der Waals surface area (Å²) < 4.78 is 0.893. The Morgan fingerprint density at radius 1 is 1.10 bits per heavy atom. The van der Waals surface area contributed by atoms with Crippen molar-refractivity contribution in [2.45, 2.75) is 53.5 Å². The molecule has 157 valence electrons. The van der Waals surface area contributed by atoms with E-state index in [1.54, 1.807) is 0 Å². The van der Waals surface area contributed by atoms with Gasteiger partial charge in [0.2, 0.25) is 0 Å². The third kappa shape index (κ3) is 6.74. The predicted molar refractivity (Wildman–Crippen MR) is 121 cm³/mol. The van der Waals surface area contributed by atoms with Crippen molar-refractivity contribution in [3.8, 4) is 0 Å². The van der Waals surface area contributed by atoms with Crippen molar-refractivity contribution >= 4 is 17.3 Å². The molecule has 3 rings (SSSR count). The van der Waals surface area contributed by atoms with E-state index in [1.807, 2.05) is 51.1 Å². The zero-order valence-corrected chi connectivity index (χ0v) is 21.9. The normalized spacial score (nSPS) is 15.1. The Labute approximate surface area is 207 Å². The van der Waals surface area contributed by atoms with Crippen molar-refractivity contribution in [3.05, 3.63) is 70.6 Å². The second-order valence-electron chi connectivity index (χ2n) is 8.08. The first kappa shape index (κ1) is 26.5. The first-order valence-corrected chi connectivity index (χ1v) is 10.5. The predicted octanol–water partition coefficient (Wildman–Crippen LogP) is 5.80. The molecule has 0 bridgehead atoms. The molecule has 1 aliphatic rings. The van der Waals surface area contributed by atoms with Gasteiger partial charge in [0, 0.05) is 51.2 Å². The zero-order chi connectivity index (χ0) is 21.4. The summed E-state index contributed by atoms with van der Waals surface area (Å²) in [7, 11) is 0. The molecule has 0 saturated carbocycles. The molecule has 1 heterocycles. The summed E-state index contributed by atoms with van der Waals surface area (Å²) in [5.41, 5.74) is 4.71. The van der Waals surface area contributed by atoms with E-state index in [0.717, 1.165) is 40.9 Å². The molecule has 1 amide bonds. The fourth-order valence-corrected chi connectivity index (χ4v) is 4.16. The molecule has 1 aliphatic heterocycles. The standard InChI is InChI=1S/C18H25N3O.C7H8.Y/c1-6-21(9-7-8-10-21)15(4)18(22)20-17-13(2)11-16(19-5)12-14(17)3;1-7-5-3-2-4-6-7;/h11-12,15H,6-10H2,1-4H3;2-6H,1H3;/p+1. The Balaban J connectivity index is 0.000000477. The summed E-state index contributed by atoms with van der Waals surface area (Å²) in [4.78, 5) is 16.2. The van der Waals surface area contributed by atoms with Gasteiger partial charge in [0.05, 0.1) is 26.2 Å². The number of aryl methyl sites for hydroxylation is 3. The van der Waals surface area contributed by atoms with E-state index in [-0.39, 0.29) is 44.7 Å². The minimum atomic E-state index is -0.0353. The van der Waals surface area contributed by atoms with Crippen LogP contribution in [0.2, 0.25) is 0 Å². The minimum Gasteiger partial charge on any atom is -0.321 e. The van der Waals surface area contributed by atoms with Crippen LogP contribution in [0.15, 0.2) is 42.5 Å². The monoisotopic (exact) mass is 481 g/mol. The van der Waals surface area contributed by atoms with Crippen molar-refractivity contribution in [1.82, 2.24) is 0 Å². The Morgan fingerprint density at radius 3 is 2.03 bits per heavy atom. The molecule has 2 aromatic rings. The van der Waals surface area contributed by atoms with Gasteiger partial charge in [0.1, 0.15) is 0 Å². The molecule has 1 saturated heterocycles. The number of hydrogen-bond acceptors (Lipinski definition) is 1. The molecule has 2 aromatic carbocycles. The number of carbonyl (C=O) groups is 1. The fraction of sp³-hybridized carbons (Fsp3) is 0.440. The Kier molecular flexibility index (Phi) is 10.9. The van der Waals surface area contributed by atoms with E-state index in [4.69, 9.17) is 6.57 Å². The number of amides is 1. The molecule has 1 unspecified atom stereocenters. The van der Waals surface area contributed by atoms with E-state index in [9.17, 15) is 4.79 Å². The summed E-state index contributed by atoms with van der Waals surface area (Å²) >= 11 is 0. The Bertz CT molecular complexity index is 845. The van der Waals surface area contributed by atoms with Crippen LogP contribution >= 0.6 is 0 Å². The van der Waals surface area contributed by atoms with Gasteiger partial charge in [-0.1, -0.05) is 48.0 Å². The van der Waals surface area contributed by atoms with Gasteiger partial charge in [0.15, 0.2) is 11.7 Å². The fourth-order valence-electron chi connectivity index (χ4n) is 4.16. The van der Waals surface area contributed by atoms with E-state index >= 15 is 0 Å². The first-order chi connectivity index (χ1) is 13.8. The molecule has 1 fully saturated rings. The van der Waals surface area contributed by atoms with Crippen LogP contribution in [0.5, 0.6) is 0 Å². The maximum absolute atomic E-state index is 12.7. The van der Waals surface area contributed by atoms with Gasteiger partial charge < -0.3 is 9.80 Å². The van der Waals surface area contributed by atoms with Crippen LogP contribution in [-0.4, -0.2) is 36.1 Å². The SMILES string of the molecule is Cc1ccccc1.[C-]#[N+]c1cc(C)c(NC(=O)C(C)[N+]2(CC)CCCC2)c(C)c1.[Y]. The minimum absolute atomic E-state index is 0. The zero-order valence-electron chi connectivity index (χ0n) is 19.0. The van der Waals surface area contributed by atoms with Crippen molar-refractivity contribution in [2.24, 2.45) is 0 Å². The van der Waals surface area contributed by atoms with Gasteiger partial charge in [-0.15, -0.1) is 0 Å². The number of likely N-dealkylation sites (N-methyl/N-ethyl adjacent to an activating group) is 1. The Morgan fingerprint density at radius 2 is 1.63 bits per heavy atom. The number of nitrogens with one attached hydrogen (secondary N) is 1. The summed E-state index contributed by atoms with van der Waals surface area (Å²) in [6.45, 7) is 20.5. The van der Waals surface area contributed by atoms with Gasteiger partial charge in [-0.3, -0.25) is 4.79 Å². The van der Waals surface area contributed by atoms with Gasteiger partial charge >= 0.3 is 0 Å². The molecule has 5 heteroatoms. The van der Waals surface area contributed by atoms with E-state index < -0.39 is 0 Å². The number of quaternary nitrogens is 1. The maximum atomic E-state index is 12.7. The van der Waals surface area contributed by atoms with Crippen LogP contribution in [0, 0.1) is 27.3 Å². The smallest absolute Gasteiger partial charge is 0.282 e. The maximum Gasteiger partial charge on any atom is 0.282 e. The third-order valence-corrected chi connectivity index (χ3v) is 6.12. The third-order valence-electron chi connectivity index (χ3n) is 6.12. The molecule has 0 spiro atoms. The number of hydrogen-bond donors (Lipinski definition) is 1. The van der Waals surface area contributed by atoms with Crippen LogP contribution in [0.3, 0.4) is 0 Å². The van der Waals surface area contributed by atoms with Crippen LogP contribution < -0.4 is 5.32 Å². The van der Waals surface area contributed by atoms with Crippen LogP contribution in [0.25, 0.3) is 4.85 Å². The number of rotatable bonds is 4. The molecular weight excluding hydrogens is 447 g/mol. The van der Waals surface area contributed by atoms with Gasteiger partial charge in [-0.2, -0.15) is 0 Å². The number of nitrogens with zero attached hydrogens (tertiary/aromatic N) is 2. The molecule has 0 aromatic heterocycles. The summed E-state index contributed by atoms with van der Waals surface area (Å²) in [6, 6.07) is 13.9. The van der Waals surface area contributed by atoms with Crippen molar-refractivity contribution in [3.63, 3.8) is 0 Å². The van der Waals surface area contributed by atoms with Gasteiger partial charge in [-0.25, -0.2) is 4.85 Å². The summed E-state index contributed by atoms with van der Waals surface area (Å²) in [6.07, 6.45) is 2.42. The van der Waals surface area contributed by atoms with Crippen molar-refractivity contribution in [1.29, 1.82) is 0 Å². The van der Waals surface area contributed by atoms with Crippen LogP contribution in [-0.2, 0) is 37.5 Å². The average Bonchev–Trinajstić information content (AvgIpc) is 3.21. The van der Waals surface area contributed by atoms with E-state index in [2.05, 4.69) is 36.1 Å². The largest absolute Gasteiger partial charge is 0.321 e. The van der Waals surface area contributed by atoms with E-state index in [0.29, 0.717) is 5.69 Å². The van der Waals surface area contributed by atoms with Gasteiger partial charge in [-0.05, 0) is 45.7 Å². The topological polar surface area (TPSA) is 33.5 Å². The molecular formula is C25H34N3OY+. The average molecular weight is 481 g/mol. The van der Waals surface area contributed by atoms with Crippen molar-refractivity contribution < 1.29 is 42.0 Å². The first-order valence-electron chi connectivity index (χ1n) is 10.5. The second-order valence-corrected chi connectivity index (χ2v) is 8.08. The van der Waals surface area contributed by atoms with E-state index in [1.165, 1.54) is 18.4 Å². The molecule has 4 nitrogen and oxygen atoms in total. The molecule has 1 atom stereocenters. The molecule has 0 aliphatic carbocycles. The second kappa shape index (κ2) is 12.4. The Hall–Kier alpha value is -1.54. The number of carbonyl (C=O) groups excluding carboxylic acids is 1. The number of anilines is 1. The number of likely N-dealkylation sites (tertiary alicyclic amines) is 1. The molecule has 1 radical (unpaired) electrons. The van der Waals surface area contributed by atoms with Gasteiger partial charge in [0.25, 0.3) is 5.91 Å². The van der Waals surface area contributed by atoms with Crippen LogP contribution in [0.1, 0.15) is 43.4 Å².